The maximum absolute atomic E-state index is 11.6. The van der Waals surface area contributed by atoms with Gasteiger partial charge < -0.3 is 14.2 Å². The van der Waals surface area contributed by atoms with E-state index in [9.17, 15) is 4.79 Å². The molecule has 0 aliphatic rings. The topological polar surface area (TPSA) is 57.7 Å². The zero-order valence-corrected chi connectivity index (χ0v) is 12.5. The Bertz CT molecular complexity index is 636. The Labute approximate surface area is 121 Å². The molecule has 20 heavy (non-hydrogen) atoms. The maximum Gasteiger partial charge on any atom is 0.349 e. The number of carbonyl (C=O) groups excluding carboxylic acids is 1. The molecule has 2 rings (SSSR count). The first-order valence-corrected chi connectivity index (χ1v) is 6.71. The van der Waals surface area contributed by atoms with E-state index in [1.165, 1.54) is 18.4 Å². The number of ether oxygens (including phenoxy) is 3. The Hall–Kier alpha value is -2.08. The molecule has 0 bridgehead atoms. The van der Waals surface area contributed by atoms with Gasteiger partial charge in [0.05, 0.1) is 32.6 Å². The van der Waals surface area contributed by atoms with Gasteiger partial charge in [-0.2, -0.15) is 0 Å². The first kappa shape index (κ1) is 14.3. The molecule has 0 saturated carbocycles. The minimum Gasteiger partial charge on any atom is -0.493 e. The van der Waals surface area contributed by atoms with Gasteiger partial charge in [0, 0.05) is 0 Å². The molecule has 2 aromatic rings. The second kappa shape index (κ2) is 5.92. The van der Waals surface area contributed by atoms with Crippen LogP contribution in [-0.4, -0.2) is 32.3 Å². The summed E-state index contributed by atoms with van der Waals surface area (Å²) in [5.41, 5.74) is 1.43. The molecule has 106 valence electrons. The Morgan fingerprint density at radius 3 is 2.55 bits per heavy atom. The van der Waals surface area contributed by atoms with Crippen LogP contribution >= 0.6 is 11.3 Å². The second-order valence-electron chi connectivity index (χ2n) is 3.97. The van der Waals surface area contributed by atoms with Crippen molar-refractivity contribution in [2.45, 2.75) is 6.92 Å². The lowest BCUT2D eigenvalue weighted by molar-refractivity contribution is 0.0605. The molecule has 0 unspecified atom stereocenters. The predicted octanol–water partition coefficient (Wildman–Crippen LogP) is 2.92. The van der Waals surface area contributed by atoms with Crippen molar-refractivity contribution in [3.8, 4) is 22.1 Å². The molecule has 0 saturated heterocycles. The number of para-hydroxylation sites is 1. The summed E-state index contributed by atoms with van der Waals surface area (Å²) in [6.45, 7) is 1.78. The monoisotopic (exact) mass is 293 g/mol. The lowest BCUT2D eigenvalue weighted by atomic mass is 10.2. The van der Waals surface area contributed by atoms with E-state index in [4.69, 9.17) is 14.2 Å². The third kappa shape index (κ3) is 2.46. The number of methoxy groups -OCH3 is 3. The number of benzene rings is 1. The van der Waals surface area contributed by atoms with Crippen LogP contribution in [0.2, 0.25) is 0 Å². The van der Waals surface area contributed by atoms with Crippen LogP contribution in [0.1, 0.15) is 15.4 Å². The first-order chi connectivity index (χ1) is 9.62. The van der Waals surface area contributed by atoms with Gasteiger partial charge in [-0.1, -0.05) is 6.07 Å². The minimum absolute atomic E-state index is 0.381. The van der Waals surface area contributed by atoms with Gasteiger partial charge in [0.15, 0.2) is 11.5 Å². The molecule has 0 fully saturated rings. The van der Waals surface area contributed by atoms with Crippen LogP contribution < -0.4 is 9.47 Å². The highest BCUT2D eigenvalue weighted by molar-refractivity contribution is 7.17. The Kier molecular flexibility index (Phi) is 4.24. The molecular weight excluding hydrogens is 278 g/mol. The number of nitrogens with zero attached hydrogens (tertiary/aromatic N) is 1. The molecule has 5 nitrogen and oxygen atoms in total. The van der Waals surface area contributed by atoms with E-state index in [-0.39, 0.29) is 5.97 Å². The molecule has 0 amide bonds. The van der Waals surface area contributed by atoms with E-state index in [1.807, 2.05) is 18.2 Å². The largest absolute Gasteiger partial charge is 0.493 e. The van der Waals surface area contributed by atoms with Crippen LogP contribution in [-0.2, 0) is 4.74 Å². The number of rotatable bonds is 4. The van der Waals surface area contributed by atoms with Gasteiger partial charge in [0.25, 0.3) is 0 Å². The molecule has 1 aromatic carbocycles. The summed E-state index contributed by atoms with van der Waals surface area (Å²) in [4.78, 5) is 16.6. The fourth-order valence-electron chi connectivity index (χ4n) is 1.85. The van der Waals surface area contributed by atoms with Crippen molar-refractivity contribution in [2.24, 2.45) is 0 Å². The molecule has 6 heteroatoms. The summed E-state index contributed by atoms with van der Waals surface area (Å²) in [5, 5.41) is 0.693. The van der Waals surface area contributed by atoms with Crippen molar-refractivity contribution in [3.05, 3.63) is 28.8 Å². The lowest BCUT2D eigenvalue weighted by Gasteiger charge is -2.10. The normalized spacial score (nSPS) is 10.2. The number of hydrogen-bond acceptors (Lipinski definition) is 6. The number of hydrogen-bond donors (Lipinski definition) is 0. The molecule has 0 atom stereocenters. The van der Waals surface area contributed by atoms with Gasteiger partial charge in [-0.3, -0.25) is 0 Å². The third-order valence-corrected chi connectivity index (χ3v) is 3.97. The smallest absolute Gasteiger partial charge is 0.349 e. The van der Waals surface area contributed by atoms with Gasteiger partial charge in [0.1, 0.15) is 9.88 Å². The van der Waals surface area contributed by atoms with Gasteiger partial charge in [-0.05, 0) is 19.1 Å². The van der Waals surface area contributed by atoms with Crippen molar-refractivity contribution < 1.29 is 19.0 Å². The number of aromatic nitrogens is 1. The van der Waals surface area contributed by atoms with Crippen molar-refractivity contribution in [1.29, 1.82) is 0 Å². The summed E-state index contributed by atoms with van der Waals surface area (Å²) in [7, 11) is 4.50. The van der Waals surface area contributed by atoms with Crippen LogP contribution in [0.5, 0.6) is 11.5 Å². The van der Waals surface area contributed by atoms with Crippen molar-refractivity contribution in [2.75, 3.05) is 21.3 Å². The predicted molar refractivity (Wildman–Crippen MR) is 76.7 cm³/mol. The van der Waals surface area contributed by atoms with Crippen LogP contribution in [0.25, 0.3) is 10.6 Å². The fraction of sp³-hybridized carbons (Fsp3) is 0.286. The van der Waals surface area contributed by atoms with E-state index in [2.05, 4.69) is 4.98 Å². The molecule has 1 aromatic heterocycles. The molecule has 0 N–H and O–H groups in total. The summed E-state index contributed by atoms with van der Waals surface area (Å²) >= 11 is 1.27. The molecular formula is C14H15NO4S. The Morgan fingerprint density at radius 1 is 1.20 bits per heavy atom. The second-order valence-corrected chi connectivity index (χ2v) is 4.97. The van der Waals surface area contributed by atoms with Crippen molar-refractivity contribution in [1.82, 2.24) is 4.98 Å². The van der Waals surface area contributed by atoms with Gasteiger partial charge >= 0.3 is 5.97 Å². The number of aryl methyl sites for hydroxylation is 1. The van der Waals surface area contributed by atoms with Gasteiger partial charge in [-0.15, -0.1) is 11.3 Å². The summed E-state index contributed by atoms with van der Waals surface area (Å²) in [6.07, 6.45) is 0. The summed E-state index contributed by atoms with van der Waals surface area (Å²) in [6, 6.07) is 5.54. The maximum atomic E-state index is 11.6. The lowest BCUT2D eigenvalue weighted by Crippen LogP contribution is -1.99. The summed E-state index contributed by atoms with van der Waals surface area (Å²) < 4.78 is 15.4. The number of thiazole rings is 1. The van der Waals surface area contributed by atoms with Crippen LogP contribution in [0.15, 0.2) is 18.2 Å². The van der Waals surface area contributed by atoms with Crippen LogP contribution in [0.4, 0.5) is 0 Å². The Morgan fingerprint density at radius 2 is 1.95 bits per heavy atom. The van der Waals surface area contributed by atoms with E-state index in [1.54, 1.807) is 21.1 Å². The zero-order valence-electron chi connectivity index (χ0n) is 11.7. The Balaban J connectivity index is 2.55. The molecule has 1 heterocycles. The molecule has 0 aliphatic heterocycles. The standard InChI is InChI=1S/C14H15NO4S/c1-8-12(14(16)19-4)20-13(15-8)9-6-5-7-10(17-2)11(9)18-3/h5-7H,1-4H3. The van der Waals surface area contributed by atoms with Gasteiger partial charge in [-0.25, -0.2) is 9.78 Å². The zero-order chi connectivity index (χ0) is 14.7. The summed E-state index contributed by atoms with van der Waals surface area (Å²) in [5.74, 6) is 0.839. The van der Waals surface area contributed by atoms with E-state index >= 15 is 0 Å². The SMILES string of the molecule is COC(=O)c1sc(-c2cccc(OC)c2OC)nc1C. The van der Waals surface area contributed by atoms with Crippen LogP contribution in [0.3, 0.4) is 0 Å². The minimum atomic E-state index is -0.381. The highest BCUT2D eigenvalue weighted by Crippen LogP contribution is 2.40. The quantitative estimate of drug-likeness (QED) is 0.811. The van der Waals surface area contributed by atoms with E-state index in [0.717, 1.165) is 5.56 Å². The average Bonchev–Trinajstić information content (AvgIpc) is 2.87. The first-order valence-electron chi connectivity index (χ1n) is 5.89. The molecule has 0 aliphatic carbocycles. The number of carbonyl (C=O) groups is 1. The highest BCUT2D eigenvalue weighted by Gasteiger charge is 2.20. The van der Waals surface area contributed by atoms with E-state index < -0.39 is 0 Å². The molecule has 0 radical (unpaired) electrons. The molecule has 0 spiro atoms. The highest BCUT2D eigenvalue weighted by atomic mass is 32.1. The van der Waals surface area contributed by atoms with E-state index in [0.29, 0.717) is 27.1 Å². The third-order valence-electron chi connectivity index (χ3n) is 2.80. The number of esters is 1. The van der Waals surface area contributed by atoms with Gasteiger partial charge in [0.2, 0.25) is 0 Å². The van der Waals surface area contributed by atoms with Crippen LogP contribution in [0, 0.1) is 6.92 Å². The van der Waals surface area contributed by atoms with Crippen molar-refractivity contribution >= 4 is 17.3 Å². The average molecular weight is 293 g/mol. The van der Waals surface area contributed by atoms with Crippen molar-refractivity contribution in [3.63, 3.8) is 0 Å². The fourth-order valence-corrected chi connectivity index (χ4v) is 2.86.